The highest BCUT2D eigenvalue weighted by atomic mass is 79.9. The summed E-state index contributed by atoms with van der Waals surface area (Å²) in [5, 5.41) is 12.8. The number of rotatable bonds is 2. The van der Waals surface area contributed by atoms with Crippen LogP contribution in [0.15, 0.2) is 34.8 Å². The van der Waals surface area contributed by atoms with E-state index >= 15 is 0 Å². The smallest absolute Gasteiger partial charge is 0.148 e. The Morgan fingerprint density at radius 1 is 1.33 bits per heavy atom. The van der Waals surface area contributed by atoms with E-state index in [0.717, 1.165) is 15.9 Å². The molecule has 2 rings (SSSR count). The molecule has 0 atom stereocenters. The summed E-state index contributed by atoms with van der Waals surface area (Å²) in [6, 6.07) is 11.1. The van der Waals surface area contributed by atoms with Crippen LogP contribution < -0.4 is 5.32 Å². The lowest BCUT2D eigenvalue weighted by atomic mass is 10.2. The van der Waals surface area contributed by atoms with Crippen LogP contribution in [0, 0.1) is 18.3 Å². The quantitative estimate of drug-likeness (QED) is 0.890. The molecule has 0 saturated heterocycles. The highest BCUT2D eigenvalue weighted by Crippen LogP contribution is 2.32. The van der Waals surface area contributed by atoms with E-state index in [1.165, 1.54) is 0 Å². The zero-order valence-corrected chi connectivity index (χ0v) is 11.9. The predicted molar refractivity (Wildman–Crippen MR) is 76.1 cm³/mol. The molecule has 18 heavy (non-hydrogen) atoms. The van der Waals surface area contributed by atoms with Crippen molar-refractivity contribution in [3.63, 3.8) is 0 Å². The maximum Gasteiger partial charge on any atom is 0.148 e. The van der Waals surface area contributed by atoms with Gasteiger partial charge in [0.05, 0.1) is 20.7 Å². The molecule has 90 valence electrons. The van der Waals surface area contributed by atoms with E-state index in [9.17, 15) is 0 Å². The Balaban J connectivity index is 2.43. The highest BCUT2D eigenvalue weighted by molar-refractivity contribution is 9.10. The molecule has 1 aromatic carbocycles. The fourth-order valence-corrected chi connectivity index (χ4v) is 2.01. The van der Waals surface area contributed by atoms with E-state index in [2.05, 4.69) is 32.3 Å². The van der Waals surface area contributed by atoms with Gasteiger partial charge in [-0.15, -0.1) is 0 Å². The van der Waals surface area contributed by atoms with Crippen molar-refractivity contribution in [3.8, 4) is 6.07 Å². The molecule has 1 N–H and O–H groups in total. The van der Waals surface area contributed by atoms with E-state index in [1.54, 1.807) is 18.2 Å². The van der Waals surface area contributed by atoms with E-state index in [4.69, 9.17) is 16.9 Å². The Labute approximate surface area is 119 Å². The van der Waals surface area contributed by atoms with Crippen molar-refractivity contribution in [1.82, 2.24) is 4.98 Å². The van der Waals surface area contributed by atoms with Crippen LogP contribution in [0.25, 0.3) is 0 Å². The molecule has 0 aliphatic rings. The Bertz CT molecular complexity index is 635. The second-order valence-electron chi connectivity index (χ2n) is 3.69. The molecule has 0 aliphatic heterocycles. The number of pyridine rings is 1. The zero-order valence-electron chi connectivity index (χ0n) is 9.54. The van der Waals surface area contributed by atoms with Gasteiger partial charge in [-0.3, -0.25) is 0 Å². The highest BCUT2D eigenvalue weighted by Gasteiger charge is 2.08. The van der Waals surface area contributed by atoms with Crippen LogP contribution in [0.1, 0.15) is 11.3 Å². The molecule has 0 amide bonds. The van der Waals surface area contributed by atoms with Crippen molar-refractivity contribution >= 4 is 39.0 Å². The zero-order chi connectivity index (χ0) is 13.1. The molecule has 0 saturated carbocycles. The van der Waals surface area contributed by atoms with Gasteiger partial charge in [0.2, 0.25) is 0 Å². The summed E-state index contributed by atoms with van der Waals surface area (Å²) in [6.07, 6.45) is 0. The van der Waals surface area contributed by atoms with Gasteiger partial charge in [-0.1, -0.05) is 17.7 Å². The van der Waals surface area contributed by atoms with Crippen LogP contribution in [0.4, 0.5) is 11.5 Å². The number of nitriles is 1. The molecule has 2 aromatic rings. The topological polar surface area (TPSA) is 48.7 Å². The summed E-state index contributed by atoms with van der Waals surface area (Å²) in [7, 11) is 0. The van der Waals surface area contributed by atoms with Gasteiger partial charge in [-0.05, 0) is 47.1 Å². The van der Waals surface area contributed by atoms with E-state index < -0.39 is 0 Å². The first-order valence-electron chi connectivity index (χ1n) is 5.20. The maximum atomic E-state index is 9.04. The molecular weight excluding hydrogens is 314 g/mol. The first kappa shape index (κ1) is 12.9. The van der Waals surface area contributed by atoms with Crippen LogP contribution in [0.2, 0.25) is 5.02 Å². The van der Waals surface area contributed by atoms with Gasteiger partial charge in [-0.2, -0.15) is 5.26 Å². The van der Waals surface area contributed by atoms with Gasteiger partial charge >= 0.3 is 0 Å². The standard InChI is InChI=1S/C13H9BrClN3/c1-8-5-6-9(7-16)13(17-8)18-11-4-2-3-10(15)12(11)14/h2-6H,1H3,(H,17,18). The molecule has 0 radical (unpaired) electrons. The lowest BCUT2D eigenvalue weighted by molar-refractivity contribution is 1.19. The van der Waals surface area contributed by atoms with Crippen molar-refractivity contribution in [2.75, 3.05) is 5.32 Å². The number of nitrogens with one attached hydrogen (secondary N) is 1. The minimum absolute atomic E-state index is 0.493. The second-order valence-corrected chi connectivity index (χ2v) is 4.89. The van der Waals surface area contributed by atoms with Gasteiger partial charge in [-0.25, -0.2) is 4.98 Å². The summed E-state index contributed by atoms with van der Waals surface area (Å²) in [6.45, 7) is 1.87. The first-order valence-corrected chi connectivity index (χ1v) is 6.37. The van der Waals surface area contributed by atoms with Crippen LogP contribution in [-0.4, -0.2) is 4.98 Å². The number of halogens is 2. The number of anilines is 2. The third-order valence-corrected chi connectivity index (χ3v) is 3.76. The van der Waals surface area contributed by atoms with E-state index in [0.29, 0.717) is 16.4 Å². The fourth-order valence-electron chi connectivity index (χ4n) is 1.47. The van der Waals surface area contributed by atoms with Crippen molar-refractivity contribution in [3.05, 3.63) is 51.1 Å². The van der Waals surface area contributed by atoms with E-state index in [-0.39, 0.29) is 0 Å². The number of hydrogen-bond donors (Lipinski definition) is 1. The number of aromatic nitrogens is 1. The second kappa shape index (κ2) is 5.38. The number of hydrogen-bond acceptors (Lipinski definition) is 3. The van der Waals surface area contributed by atoms with Crippen LogP contribution in [-0.2, 0) is 0 Å². The van der Waals surface area contributed by atoms with Crippen molar-refractivity contribution in [2.45, 2.75) is 6.92 Å². The molecule has 0 bridgehead atoms. The Kier molecular flexibility index (Phi) is 3.85. The van der Waals surface area contributed by atoms with Gasteiger partial charge in [0.25, 0.3) is 0 Å². The lowest BCUT2D eigenvalue weighted by Gasteiger charge is -2.10. The van der Waals surface area contributed by atoms with Gasteiger partial charge < -0.3 is 5.32 Å². The van der Waals surface area contributed by atoms with Gasteiger partial charge in [0.1, 0.15) is 11.9 Å². The third kappa shape index (κ3) is 2.63. The summed E-state index contributed by atoms with van der Waals surface area (Å²) < 4.78 is 0.749. The fraction of sp³-hybridized carbons (Fsp3) is 0.0769. The van der Waals surface area contributed by atoms with E-state index in [1.807, 2.05) is 19.1 Å². The summed E-state index contributed by atoms with van der Waals surface area (Å²) >= 11 is 9.41. The molecule has 0 unspecified atom stereocenters. The number of nitrogens with zero attached hydrogens (tertiary/aromatic N) is 2. The minimum Gasteiger partial charge on any atom is -0.338 e. The molecule has 0 aliphatic carbocycles. The molecule has 0 fully saturated rings. The average Bonchev–Trinajstić information content (AvgIpc) is 2.35. The Morgan fingerprint density at radius 3 is 2.83 bits per heavy atom. The lowest BCUT2D eigenvalue weighted by Crippen LogP contribution is -1.99. The molecule has 1 aromatic heterocycles. The van der Waals surface area contributed by atoms with Gasteiger partial charge in [0, 0.05) is 5.69 Å². The number of aryl methyl sites for hydroxylation is 1. The van der Waals surface area contributed by atoms with Gasteiger partial charge in [0.15, 0.2) is 0 Å². The summed E-state index contributed by atoms with van der Waals surface area (Å²) in [5.41, 5.74) is 2.11. The van der Waals surface area contributed by atoms with Crippen molar-refractivity contribution in [1.29, 1.82) is 5.26 Å². The summed E-state index contributed by atoms with van der Waals surface area (Å²) in [4.78, 5) is 4.31. The van der Waals surface area contributed by atoms with Crippen LogP contribution >= 0.6 is 27.5 Å². The maximum absolute atomic E-state index is 9.04. The molecule has 3 nitrogen and oxygen atoms in total. The Morgan fingerprint density at radius 2 is 2.11 bits per heavy atom. The number of benzene rings is 1. The first-order chi connectivity index (χ1) is 8.61. The van der Waals surface area contributed by atoms with Crippen LogP contribution in [0.5, 0.6) is 0 Å². The third-order valence-electron chi connectivity index (χ3n) is 2.36. The minimum atomic E-state index is 0.493. The monoisotopic (exact) mass is 321 g/mol. The largest absolute Gasteiger partial charge is 0.338 e. The molecule has 5 heteroatoms. The molecule has 1 heterocycles. The molecule has 0 spiro atoms. The molecular formula is C13H9BrClN3. The van der Waals surface area contributed by atoms with Crippen molar-refractivity contribution in [2.24, 2.45) is 0 Å². The Hall–Kier alpha value is -1.57. The average molecular weight is 323 g/mol. The normalized spacial score (nSPS) is 9.89. The van der Waals surface area contributed by atoms with Crippen molar-refractivity contribution < 1.29 is 0 Å². The van der Waals surface area contributed by atoms with Crippen LogP contribution in [0.3, 0.4) is 0 Å². The SMILES string of the molecule is Cc1ccc(C#N)c(Nc2cccc(Cl)c2Br)n1. The summed E-state index contributed by atoms with van der Waals surface area (Å²) in [5.74, 6) is 0.528. The predicted octanol–water partition coefficient (Wildman–Crippen LogP) is 4.42.